The van der Waals surface area contributed by atoms with Crippen LogP contribution < -0.4 is 5.73 Å². The zero-order valence-electron chi connectivity index (χ0n) is 8.54. The van der Waals surface area contributed by atoms with Crippen molar-refractivity contribution in [2.45, 2.75) is 0 Å². The van der Waals surface area contributed by atoms with Crippen molar-refractivity contribution >= 4 is 16.5 Å². The number of benzene rings is 1. The fourth-order valence-electron chi connectivity index (χ4n) is 1.81. The van der Waals surface area contributed by atoms with Crippen molar-refractivity contribution in [3.63, 3.8) is 0 Å². The van der Waals surface area contributed by atoms with Gasteiger partial charge in [0.05, 0.1) is 5.69 Å². The van der Waals surface area contributed by atoms with Gasteiger partial charge in [0.1, 0.15) is 0 Å². The number of nitrogen functional groups attached to an aromatic ring is 1. The van der Waals surface area contributed by atoms with Crippen LogP contribution in [0, 0.1) is 0 Å². The Morgan fingerprint density at radius 1 is 1.06 bits per heavy atom. The summed E-state index contributed by atoms with van der Waals surface area (Å²) in [6.45, 7) is 0. The summed E-state index contributed by atoms with van der Waals surface area (Å²) >= 11 is 0. The maximum Gasteiger partial charge on any atom is 0.0740 e. The van der Waals surface area contributed by atoms with E-state index in [2.05, 4.69) is 10.1 Å². The molecular formula is C12H10N4. The second kappa shape index (κ2) is 3.34. The highest BCUT2D eigenvalue weighted by Gasteiger charge is 2.05. The van der Waals surface area contributed by atoms with E-state index in [-0.39, 0.29) is 0 Å². The van der Waals surface area contributed by atoms with Crippen molar-refractivity contribution in [2.24, 2.45) is 0 Å². The molecule has 0 saturated carbocycles. The molecule has 2 N–H and O–H groups in total. The Morgan fingerprint density at radius 3 is 2.81 bits per heavy atom. The monoisotopic (exact) mass is 210 g/mol. The zero-order chi connectivity index (χ0) is 11.0. The molecule has 0 aliphatic carbocycles. The Kier molecular flexibility index (Phi) is 1.86. The number of nitrogens with two attached hydrogens (primary N) is 1. The first kappa shape index (κ1) is 8.91. The summed E-state index contributed by atoms with van der Waals surface area (Å²) < 4.78 is 1.81. The first-order valence-corrected chi connectivity index (χ1v) is 4.98. The zero-order valence-corrected chi connectivity index (χ0v) is 8.54. The van der Waals surface area contributed by atoms with E-state index in [1.165, 1.54) is 0 Å². The number of pyridine rings is 1. The number of fused-ring (bicyclic) bond motifs is 1. The van der Waals surface area contributed by atoms with E-state index in [1.54, 1.807) is 12.4 Å². The van der Waals surface area contributed by atoms with Gasteiger partial charge in [-0.05, 0) is 24.3 Å². The highest BCUT2D eigenvalue weighted by atomic mass is 15.3. The van der Waals surface area contributed by atoms with Gasteiger partial charge in [0.2, 0.25) is 0 Å². The van der Waals surface area contributed by atoms with E-state index in [0.29, 0.717) is 0 Å². The second-order valence-corrected chi connectivity index (χ2v) is 3.55. The molecule has 0 radical (unpaired) electrons. The maximum atomic E-state index is 5.92. The van der Waals surface area contributed by atoms with Crippen LogP contribution in [-0.2, 0) is 0 Å². The molecule has 4 nitrogen and oxygen atoms in total. The van der Waals surface area contributed by atoms with E-state index in [4.69, 9.17) is 5.73 Å². The SMILES string of the molecule is Nc1ccc(-n2cccn2)c2cnccc12. The molecule has 0 unspecified atom stereocenters. The van der Waals surface area contributed by atoms with Crippen molar-refractivity contribution in [1.82, 2.24) is 14.8 Å². The molecule has 1 aromatic carbocycles. The van der Waals surface area contributed by atoms with Crippen molar-refractivity contribution in [3.05, 3.63) is 49.1 Å². The van der Waals surface area contributed by atoms with Crippen LogP contribution in [0.1, 0.15) is 0 Å². The minimum atomic E-state index is 0.758. The molecule has 3 aromatic rings. The number of nitrogens with zero attached hydrogens (tertiary/aromatic N) is 3. The Bertz CT molecular complexity index is 629. The van der Waals surface area contributed by atoms with Gasteiger partial charge in [0, 0.05) is 41.2 Å². The number of anilines is 1. The molecular weight excluding hydrogens is 200 g/mol. The Morgan fingerprint density at radius 2 is 2.00 bits per heavy atom. The minimum Gasteiger partial charge on any atom is -0.398 e. The third-order valence-corrected chi connectivity index (χ3v) is 2.58. The summed E-state index contributed by atoms with van der Waals surface area (Å²) in [7, 11) is 0. The largest absolute Gasteiger partial charge is 0.398 e. The van der Waals surface area contributed by atoms with Crippen LogP contribution in [0.4, 0.5) is 5.69 Å². The first-order chi connectivity index (χ1) is 7.86. The molecule has 78 valence electrons. The number of hydrogen-bond acceptors (Lipinski definition) is 3. The number of aromatic nitrogens is 3. The van der Waals surface area contributed by atoms with Gasteiger partial charge in [0.15, 0.2) is 0 Å². The lowest BCUT2D eigenvalue weighted by atomic mass is 10.1. The molecule has 0 saturated heterocycles. The smallest absolute Gasteiger partial charge is 0.0740 e. The van der Waals surface area contributed by atoms with Crippen molar-refractivity contribution in [2.75, 3.05) is 5.73 Å². The van der Waals surface area contributed by atoms with Gasteiger partial charge < -0.3 is 5.73 Å². The molecule has 4 heteroatoms. The molecule has 0 aliphatic rings. The summed E-state index contributed by atoms with van der Waals surface area (Å²) in [6, 6.07) is 7.64. The normalized spacial score (nSPS) is 10.8. The molecule has 2 aromatic heterocycles. The average molecular weight is 210 g/mol. The minimum absolute atomic E-state index is 0.758. The predicted octanol–water partition coefficient (Wildman–Crippen LogP) is 2.00. The van der Waals surface area contributed by atoms with Crippen molar-refractivity contribution in [3.8, 4) is 5.69 Å². The van der Waals surface area contributed by atoms with E-state index in [1.807, 2.05) is 41.3 Å². The summed E-state index contributed by atoms with van der Waals surface area (Å²) in [6.07, 6.45) is 7.20. The summed E-state index contributed by atoms with van der Waals surface area (Å²) in [5.41, 5.74) is 7.67. The van der Waals surface area contributed by atoms with Gasteiger partial charge in [-0.3, -0.25) is 4.98 Å². The third-order valence-electron chi connectivity index (χ3n) is 2.58. The van der Waals surface area contributed by atoms with E-state index < -0.39 is 0 Å². The molecule has 0 bridgehead atoms. The molecule has 3 rings (SSSR count). The predicted molar refractivity (Wildman–Crippen MR) is 63.3 cm³/mol. The Hall–Kier alpha value is -2.36. The van der Waals surface area contributed by atoms with E-state index in [0.717, 1.165) is 22.1 Å². The summed E-state index contributed by atoms with van der Waals surface area (Å²) in [5.74, 6) is 0. The van der Waals surface area contributed by atoms with Gasteiger partial charge in [-0.2, -0.15) is 5.10 Å². The Balaban J connectivity index is 2.39. The van der Waals surface area contributed by atoms with Crippen LogP contribution in [-0.4, -0.2) is 14.8 Å². The van der Waals surface area contributed by atoms with Gasteiger partial charge in [-0.15, -0.1) is 0 Å². The summed E-state index contributed by atoms with van der Waals surface area (Å²) in [5, 5.41) is 6.22. The molecule has 2 heterocycles. The molecule has 0 atom stereocenters. The van der Waals surface area contributed by atoms with Crippen LogP contribution in [0.5, 0.6) is 0 Å². The van der Waals surface area contributed by atoms with Crippen LogP contribution in [0.2, 0.25) is 0 Å². The average Bonchev–Trinajstić information content (AvgIpc) is 2.83. The van der Waals surface area contributed by atoms with Crippen LogP contribution >= 0.6 is 0 Å². The third kappa shape index (κ3) is 1.24. The van der Waals surface area contributed by atoms with Crippen LogP contribution in [0.3, 0.4) is 0 Å². The quantitative estimate of drug-likeness (QED) is 0.625. The molecule has 0 fully saturated rings. The fourth-order valence-corrected chi connectivity index (χ4v) is 1.81. The number of rotatable bonds is 1. The summed E-state index contributed by atoms with van der Waals surface area (Å²) in [4.78, 5) is 4.13. The second-order valence-electron chi connectivity index (χ2n) is 3.55. The molecule has 16 heavy (non-hydrogen) atoms. The maximum absolute atomic E-state index is 5.92. The van der Waals surface area contributed by atoms with E-state index >= 15 is 0 Å². The Labute approximate surface area is 92.3 Å². The standard InChI is InChI=1S/C12H10N4/c13-11-2-3-12(16-7-1-5-15-16)10-8-14-6-4-9(10)11/h1-8H,13H2. The van der Waals surface area contributed by atoms with Gasteiger partial charge in [-0.25, -0.2) is 4.68 Å². The van der Waals surface area contributed by atoms with Crippen molar-refractivity contribution < 1.29 is 0 Å². The molecule has 0 amide bonds. The van der Waals surface area contributed by atoms with Gasteiger partial charge in [-0.1, -0.05) is 0 Å². The highest BCUT2D eigenvalue weighted by molar-refractivity contribution is 5.97. The lowest BCUT2D eigenvalue weighted by molar-refractivity contribution is 0.887. The lowest BCUT2D eigenvalue weighted by Gasteiger charge is -2.07. The van der Waals surface area contributed by atoms with Gasteiger partial charge in [0.25, 0.3) is 0 Å². The number of hydrogen-bond donors (Lipinski definition) is 1. The fraction of sp³-hybridized carbons (Fsp3) is 0. The lowest BCUT2D eigenvalue weighted by Crippen LogP contribution is -1.97. The van der Waals surface area contributed by atoms with Crippen LogP contribution in [0.25, 0.3) is 16.5 Å². The first-order valence-electron chi connectivity index (χ1n) is 4.98. The van der Waals surface area contributed by atoms with Crippen molar-refractivity contribution in [1.29, 1.82) is 0 Å². The van der Waals surface area contributed by atoms with Gasteiger partial charge >= 0.3 is 0 Å². The molecule has 0 spiro atoms. The van der Waals surface area contributed by atoms with E-state index in [9.17, 15) is 0 Å². The topological polar surface area (TPSA) is 56.7 Å². The van der Waals surface area contributed by atoms with Crippen LogP contribution in [0.15, 0.2) is 49.1 Å². The molecule has 0 aliphatic heterocycles. The highest BCUT2D eigenvalue weighted by Crippen LogP contribution is 2.25.